The monoisotopic (exact) mass is 407 g/mol. The van der Waals surface area contributed by atoms with Gasteiger partial charge >= 0.3 is 0 Å². The summed E-state index contributed by atoms with van der Waals surface area (Å²) < 4.78 is 0. The molecule has 0 amide bonds. The van der Waals surface area contributed by atoms with Crippen LogP contribution in [0.4, 0.5) is 11.4 Å². The number of aliphatic hydroxyl groups is 1. The molecule has 0 aliphatic heterocycles. The molecule has 27 heavy (non-hydrogen) atoms. The molecule has 8 nitrogen and oxygen atoms in total. The molecular weight excluding hydrogens is 397 g/mol. The molecule has 10 heteroatoms. The van der Waals surface area contributed by atoms with Gasteiger partial charge in [-0.05, 0) is 30.3 Å². The second-order valence-corrected chi connectivity index (χ2v) is 6.30. The van der Waals surface area contributed by atoms with Crippen molar-refractivity contribution < 1.29 is 19.9 Å². The molecule has 138 valence electrons. The van der Waals surface area contributed by atoms with Gasteiger partial charge in [0.2, 0.25) is 5.78 Å². The Morgan fingerprint density at radius 1 is 1.22 bits per heavy atom. The zero-order valence-corrected chi connectivity index (χ0v) is 14.9. The lowest BCUT2D eigenvalue weighted by Gasteiger charge is -2.16. The van der Waals surface area contributed by atoms with Crippen LogP contribution in [-0.4, -0.2) is 32.1 Å². The molecule has 0 spiro atoms. The molecule has 0 aliphatic rings. The maximum Gasteiger partial charge on any atom is 0.288 e. The van der Waals surface area contributed by atoms with Crippen LogP contribution in [0, 0.1) is 10.1 Å². The first-order chi connectivity index (χ1) is 12.8. The minimum absolute atomic E-state index is 0.0180. The van der Waals surface area contributed by atoms with Gasteiger partial charge in [-0.15, -0.1) is 0 Å². The first-order valence-corrected chi connectivity index (χ1v) is 8.24. The number of nitrogens with zero attached hydrogens (tertiary/aromatic N) is 2. The largest absolute Gasteiger partial charge is 0.504 e. The SMILES string of the molecule is O=C(c1ccc(Cl)c([N+](=O)[O-])c1)C(O)Nc1cc(Cl)c2cccnc2c1O. The van der Waals surface area contributed by atoms with Crippen LogP contribution in [0.2, 0.25) is 10.0 Å². The number of anilines is 1. The predicted octanol–water partition coefficient (Wildman–Crippen LogP) is 3.77. The van der Waals surface area contributed by atoms with E-state index >= 15 is 0 Å². The maximum absolute atomic E-state index is 12.4. The molecule has 1 atom stereocenters. The van der Waals surface area contributed by atoms with Crippen molar-refractivity contribution in [2.75, 3.05) is 5.32 Å². The number of phenolic OH excluding ortho intramolecular Hbond substituents is 1. The van der Waals surface area contributed by atoms with Gasteiger partial charge in [0.1, 0.15) is 10.5 Å². The van der Waals surface area contributed by atoms with Gasteiger partial charge in [-0.1, -0.05) is 23.2 Å². The molecule has 0 fully saturated rings. The van der Waals surface area contributed by atoms with Crippen molar-refractivity contribution >= 4 is 51.3 Å². The van der Waals surface area contributed by atoms with Crippen LogP contribution in [0.25, 0.3) is 10.9 Å². The van der Waals surface area contributed by atoms with Crippen LogP contribution in [0.15, 0.2) is 42.6 Å². The fourth-order valence-electron chi connectivity index (χ4n) is 2.47. The first-order valence-electron chi connectivity index (χ1n) is 7.48. The molecule has 0 aliphatic carbocycles. The number of ketones is 1. The number of aromatic hydroxyl groups is 1. The number of aliphatic hydroxyl groups excluding tert-OH is 1. The van der Waals surface area contributed by atoms with E-state index in [1.807, 2.05) is 0 Å². The summed E-state index contributed by atoms with van der Waals surface area (Å²) in [5, 5.41) is 34.5. The highest BCUT2D eigenvalue weighted by molar-refractivity contribution is 6.36. The highest BCUT2D eigenvalue weighted by atomic mass is 35.5. The lowest BCUT2D eigenvalue weighted by Crippen LogP contribution is -2.29. The number of halogens is 2. The molecule has 3 rings (SSSR count). The van der Waals surface area contributed by atoms with Crippen molar-refractivity contribution in [1.82, 2.24) is 4.98 Å². The summed E-state index contributed by atoms with van der Waals surface area (Å²) in [6, 6.07) is 8.03. The maximum atomic E-state index is 12.4. The Labute approximate surface area is 162 Å². The number of carbonyl (C=O) groups excluding carboxylic acids is 1. The number of pyridine rings is 1. The molecule has 0 saturated heterocycles. The molecule has 3 aromatic rings. The minimum atomic E-state index is -1.80. The summed E-state index contributed by atoms with van der Waals surface area (Å²) in [5.74, 6) is -1.16. The van der Waals surface area contributed by atoms with Crippen molar-refractivity contribution in [1.29, 1.82) is 0 Å². The van der Waals surface area contributed by atoms with E-state index in [4.69, 9.17) is 23.2 Å². The normalized spacial score (nSPS) is 12.0. The number of hydrogen-bond donors (Lipinski definition) is 3. The third kappa shape index (κ3) is 3.63. The lowest BCUT2D eigenvalue weighted by molar-refractivity contribution is -0.384. The number of nitro benzene ring substituents is 1. The second kappa shape index (κ2) is 7.36. The molecular formula is C17H11Cl2N3O5. The molecule has 3 N–H and O–H groups in total. The van der Waals surface area contributed by atoms with Gasteiger partial charge in [0.25, 0.3) is 5.69 Å². The first kappa shape index (κ1) is 18.8. The highest BCUT2D eigenvalue weighted by Crippen LogP contribution is 2.36. The zero-order chi connectivity index (χ0) is 19.7. The summed E-state index contributed by atoms with van der Waals surface area (Å²) in [6.45, 7) is 0. The second-order valence-electron chi connectivity index (χ2n) is 5.49. The van der Waals surface area contributed by atoms with Crippen molar-refractivity contribution in [2.45, 2.75) is 6.23 Å². The molecule has 0 saturated carbocycles. The Balaban J connectivity index is 1.92. The summed E-state index contributed by atoms with van der Waals surface area (Å²) in [5.41, 5.74) is -0.420. The van der Waals surface area contributed by atoms with Gasteiger partial charge in [-0.3, -0.25) is 19.9 Å². The lowest BCUT2D eigenvalue weighted by atomic mass is 10.1. The Morgan fingerprint density at radius 2 is 1.96 bits per heavy atom. The Kier molecular flexibility index (Phi) is 5.13. The van der Waals surface area contributed by atoms with Gasteiger partial charge < -0.3 is 15.5 Å². The Bertz CT molecular complexity index is 1070. The number of carbonyl (C=O) groups is 1. The fraction of sp³-hybridized carbons (Fsp3) is 0.0588. The molecule has 0 bridgehead atoms. The van der Waals surface area contributed by atoms with Gasteiger partial charge in [0.05, 0.1) is 15.6 Å². The molecule has 1 unspecified atom stereocenters. The number of Topliss-reactive ketones (excluding diaryl/α,β-unsaturated/α-hetero) is 1. The van der Waals surface area contributed by atoms with E-state index in [-0.39, 0.29) is 32.6 Å². The van der Waals surface area contributed by atoms with E-state index in [0.29, 0.717) is 5.39 Å². The van der Waals surface area contributed by atoms with Crippen LogP contribution in [0.5, 0.6) is 5.75 Å². The molecule has 1 aromatic heterocycles. The standard InChI is InChI=1S/C17H11Cl2N3O5/c18-10-4-3-8(6-13(10)22(26)27)15(23)17(25)21-12-7-11(19)9-2-1-5-20-14(9)16(12)24/h1-7,17,21,24-25H. The number of fused-ring (bicyclic) bond motifs is 1. The van der Waals surface area contributed by atoms with E-state index in [1.165, 1.54) is 24.4 Å². The number of hydrogen-bond acceptors (Lipinski definition) is 7. The highest BCUT2D eigenvalue weighted by Gasteiger charge is 2.23. The van der Waals surface area contributed by atoms with Crippen LogP contribution >= 0.6 is 23.2 Å². The van der Waals surface area contributed by atoms with Gasteiger partial charge in [-0.25, -0.2) is 0 Å². The van der Waals surface area contributed by atoms with Gasteiger partial charge in [0, 0.05) is 23.2 Å². The van der Waals surface area contributed by atoms with Crippen molar-refractivity contribution in [3.05, 3.63) is 68.3 Å². The van der Waals surface area contributed by atoms with Gasteiger partial charge in [-0.2, -0.15) is 0 Å². The van der Waals surface area contributed by atoms with Crippen molar-refractivity contribution in [3.63, 3.8) is 0 Å². The number of rotatable bonds is 5. The summed E-state index contributed by atoms with van der Waals surface area (Å²) >= 11 is 11.9. The third-order valence-corrected chi connectivity index (χ3v) is 4.42. The number of nitro groups is 1. The van der Waals surface area contributed by atoms with Gasteiger partial charge in [0.15, 0.2) is 12.0 Å². The smallest absolute Gasteiger partial charge is 0.288 e. The van der Waals surface area contributed by atoms with Crippen molar-refractivity contribution in [3.8, 4) is 5.75 Å². The summed E-state index contributed by atoms with van der Waals surface area (Å²) in [7, 11) is 0. The zero-order valence-electron chi connectivity index (χ0n) is 13.4. The average molecular weight is 408 g/mol. The van der Waals surface area contributed by atoms with E-state index < -0.39 is 22.6 Å². The number of benzene rings is 2. The number of aromatic nitrogens is 1. The van der Waals surface area contributed by atoms with E-state index in [1.54, 1.807) is 12.1 Å². The van der Waals surface area contributed by atoms with Crippen LogP contribution in [0.3, 0.4) is 0 Å². The fourth-order valence-corrected chi connectivity index (χ4v) is 2.92. The van der Waals surface area contributed by atoms with Crippen LogP contribution < -0.4 is 5.32 Å². The minimum Gasteiger partial charge on any atom is -0.504 e. The Morgan fingerprint density at radius 3 is 2.67 bits per heavy atom. The van der Waals surface area contributed by atoms with Crippen molar-refractivity contribution in [2.24, 2.45) is 0 Å². The summed E-state index contributed by atoms with van der Waals surface area (Å²) in [4.78, 5) is 26.6. The van der Waals surface area contributed by atoms with Crippen LogP contribution in [-0.2, 0) is 0 Å². The average Bonchev–Trinajstić information content (AvgIpc) is 2.65. The van der Waals surface area contributed by atoms with E-state index in [0.717, 1.165) is 6.07 Å². The Hall–Kier alpha value is -2.94. The number of phenols is 1. The van der Waals surface area contributed by atoms with E-state index in [2.05, 4.69) is 10.3 Å². The summed E-state index contributed by atoms with van der Waals surface area (Å²) in [6.07, 6.45) is -0.342. The third-order valence-electron chi connectivity index (χ3n) is 3.78. The molecule has 2 aromatic carbocycles. The topological polar surface area (TPSA) is 126 Å². The predicted molar refractivity (Wildman–Crippen MR) is 100 cm³/mol. The number of nitrogens with one attached hydrogen (secondary N) is 1. The van der Waals surface area contributed by atoms with Crippen LogP contribution in [0.1, 0.15) is 10.4 Å². The molecule has 0 radical (unpaired) electrons. The van der Waals surface area contributed by atoms with E-state index in [9.17, 15) is 25.1 Å². The molecule has 1 heterocycles. The quantitative estimate of drug-likeness (QED) is 0.193.